The van der Waals surface area contributed by atoms with Gasteiger partial charge in [-0.1, -0.05) is 0 Å². The molecule has 18 heavy (non-hydrogen) atoms. The van der Waals surface area contributed by atoms with E-state index in [0.717, 1.165) is 26.1 Å². The van der Waals surface area contributed by atoms with Crippen molar-refractivity contribution in [2.75, 3.05) is 20.3 Å². The van der Waals surface area contributed by atoms with E-state index >= 15 is 0 Å². The summed E-state index contributed by atoms with van der Waals surface area (Å²) in [7, 11) is 1.82. The van der Waals surface area contributed by atoms with Crippen LogP contribution in [0.1, 0.15) is 23.3 Å². The number of ether oxygens (including phenoxy) is 2. The summed E-state index contributed by atoms with van der Waals surface area (Å²) in [6.45, 7) is 5.11. The first-order valence-corrected chi connectivity index (χ1v) is 7.59. The molecule has 100 valence electrons. The Morgan fingerprint density at radius 3 is 3.11 bits per heavy atom. The Bertz CT molecular complexity index is 406. The largest absolute Gasteiger partial charge is 0.377 e. The second kappa shape index (κ2) is 5.29. The molecule has 1 aliphatic heterocycles. The number of rotatable bonds is 3. The van der Waals surface area contributed by atoms with Crippen LogP contribution in [-0.2, 0) is 16.0 Å². The smallest absolute Gasteiger partial charge is 0.0987 e. The van der Waals surface area contributed by atoms with E-state index in [-0.39, 0.29) is 6.10 Å². The van der Waals surface area contributed by atoms with E-state index in [1.165, 1.54) is 16.9 Å². The molecule has 0 radical (unpaired) electrons. The monoisotopic (exact) mass is 267 g/mol. The molecule has 0 amide bonds. The number of methoxy groups -OCH3 is 1. The molecule has 3 nitrogen and oxygen atoms in total. The fourth-order valence-electron chi connectivity index (χ4n) is 3.22. The minimum absolute atomic E-state index is 0.257. The summed E-state index contributed by atoms with van der Waals surface area (Å²) >= 11 is 1.86. The van der Waals surface area contributed by atoms with Crippen LogP contribution < -0.4 is 0 Å². The Morgan fingerprint density at radius 1 is 1.50 bits per heavy atom. The van der Waals surface area contributed by atoms with Crippen molar-refractivity contribution < 1.29 is 9.47 Å². The zero-order chi connectivity index (χ0) is 12.5. The fraction of sp³-hybridized carbons (Fsp3) is 0.714. The SMILES string of the molecule is COC1C2CCC1N(Cc1sccc1C)CCO2. The van der Waals surface area contributed by atoms with Gasteiger partial charge in [-0.25, -0.2) is 0 Å². The highest BCUT2D eigenvalue weighted by Gasteiger charge is 2.42. The minimum atomic E-state index is 0.257. The first kappa shape index (κ1) is 12.6. The van der Waals surface area contributed by atoms with Crippen LogP contribution in [-0.4, -0.2) is 43.4 Å². The fourth-order valence-corrected chi connectivity index (χ4v) is 4.15. The minimum Gasteiger partial charge on any atom is -0.377 e. The first-order chi connectivity index (χ1) is 8.79. The van der Waals surface area contributed by atoms with Gasteiger partial charge in [0.1, 0.15) is 0 Å². The van der Waals surface area contributed by atoms with Crippen LogP contribution in [0.5, 0.6) is 0 Å². The van der Waals surface area contributed by atoms with Crippen molar-refractivity contribution >= 4 is 11.3 Å². The summed E-state index contributed by atoms with van der Waals surface area (Å²) in [6, 6.07) is 2.74. The molecule has 3 rings (SSSR count). The zero-order valence-electron chi connectivity index (χ0n) is 11.1. The maximum absolute atomic E-state index is 5.91. The number of thiophene rings is 1. The van der Waals surface area contributed by atoms with Gasteiger partial charge in [0, 0.05) is 31.1 Å². The van der Waals surface area contributed by atoms with Crippen LogP contribution >= 0.6 is 11.3 Å². The number of fused-ring (bicyclic) bond motifs is 2. The maximum Gasteiger partial charge on any atom is 0.0987 e. The third-order valence-corrected chi connectivity index (χ3v) is 5.27. The summed E-state index contributed by atoms with van der Waals surface area (Å²) in [5, 5.41) is 2.18. The van der Waals surface area contributed by atoms with Crippen molar-refractivity contribution in [2.45, 2.75) is 44.6 Å². The molecule has 0 N–H and O–H groups in total. The molecular weight excluding hydrogens is 246 g/mol. The molecular formula is C14H21NO2S. The maximum atomic E-state index is 5.91. The molecule has 2 heterocycles. The van der Waals surface area contributed by atoms with Crippen molar-refractivity contribution in [2.24, 2.45) is 0 Å². The van der Waals surface area contributed by atoms with Crippen LogP contribution in [0, 0.1) is 6.92 Å². The second-order valence-corrected chi connectivity index (χ2v) is 6.25. The standard InChI is InChI=1S/C14H21NO2S/c1-10-5-8-18-13(10)9-15-6-7-17-12-4-3-11(15)14(12)16-2/h5,8,11-12,14H,3-4,6-7,9H2,1-2H3. The van der Waals surface area contributed by atoms with Gasteiger partial charge in [0.2, 0.25) is 0 Å². The van der Waals surface area contributed by atoms with Gasteiger partial charge in [0.05, 0.1) is 18.8 Å². The van der Waals surface area contributed by atoms with Gasteiger partial charge >= 0.3 is 0 Å². The summed E-state index contributed by atoms with van der Waals surface area (Å²) in [6.07, 6.45) is 2.92. The molecule has 1 saturated carbocycles. The summed E-state index contributed by atoms with van der Waals surface area (Å²) < 4.78 is 11.6. The number of nitrogens with zero attached hydrogens (tertiary/aromatic N) is 1. The van der Waals surface area contributed by atoms with Gasteiger partial charge in [0.25, 0.3) is 0 Å². The molecule has 1 aliphatic carbocycles. The highest BCUT2D eigenvalue weighted by Crippen LogP contribution is 2.33. The molecule has 1 aromatic heterocycles. The van der Waals surface area contributed by atoms with Crippen LogP contribution in [0.2, 0.25) is 0 Å². The van der Waals surface area contributed by atoms with Gasteiger partial charge in [0.15, 0.2) is 0 Å². The van der Waals surface area contributed by atoms with Gasteiger partial charge < -0.3 is 9.47 Å². The molecule has 0 spiro atoms. The second-order valence-electron chi connectivity index (χ2n) is 5.25. The summed E-state index contributed by atoms with van der Waals surface area (Å²) in [4.78, 5) is 4.04. The van der Waals surface area contributed by atoms with E-state index in [9.17, 15) is 0 Å². The van der Waals surface area contributed by atoms with E-state index in [1.54, 1.807) is 0 Å². The average molecular weight is 267 g/mol. The summed E-state index contributed by atoms with van der Waals surface area (Å²) in [5.41, 5.74) is 1.41. The highest BCUT2D eigenvalue weighted by atomic mass is 32.1. The first-order valence-electron chi connectivity index (χ1n) is 6.71. The highest BCUT2D eigenvalue weighted by molar-refractivity contribution is 7.10. The number of aryl methyl sites for hydroxylation is 1. The topological polar surface area (TPSA) is 21.7 Å². The van der Waals surface area contributed by atoms with E-state index in [4.69, 9.17) is 9.47 Å². The van der Waals surface area contributed by atoms with E-state index in [1.807, 2.05) is 18.4 Å². The Kier molecular flexibility index (Phi) is 3.71. The molecule has 3 unspecified atom stereocenters. The van der Waals surface area contributed by atoms with Crippen LogP contribution in [0.4, 0.5) is 0 Å². The average Bonchev–Trinajstić information content (AvgIpc) is 2.88. The third kappa shape index (κ3) is 2.23. The van der Waals surface area contributed by atoms with Gasteiger partial charge in [-0.2, -0.15) is 0 Å². The van der Waals surface area contributed by atoms with Gasteiger partial charge in [-0.15, -0.1) is 11.3 Å². The molecule has 0 aromatic carbocycles. The number of hydrogen-bond acceptors (Lipinski definition) is 4. The Labute approximate surface area is 113 Å². The molecule has 3 atom stereocenters. The van der Waals surface area contributed by atoms with Gasteiger partial charge in [-0.3, -0.25) is 4.90 Å². The predicted molar refractivity (Wildman–Crippen MR) is 73.0 cm³/mol. The summed E-state index contributed by atoms with van der Waals surface area (Å²) in [5.74, 6) is 0. The molecule has 1 saturated heterocycles. The molecule has 1 aromatic rings. The number of hydrogen-bond donors (Lipinski definition) is 0. The third-order valence-electron chi connectivity index (χ3n) is 4.26. The van der Waals surface area contributed by atoms with E-state index < -0.39 is 0 Å². The van der Waals surface area contributed by atoms with Crippen LogP contribution in [0.15, 0.2) is 11.4 Å². The van der Waals surface area contributed by atoms with Gasteiger partial charge in [-0.05, 0) is 36.8 Å². The predicted octanol–water partition coefficient (Wildman–Crippen LogP) is 2.43. The van der Waals surface area contributed by atoms with Crippen molar-refractivity contribution in [3.8, 4) is 0 Å². The van der Waals surface area contributed by atoms with Crippen molar-refractivity contribution in [3.63, 3.8) is 0 Å². The normalized spacial score (nSPS) is 32.7. The van der Waals surface area contributed by atoms with Crippen molar-refractivity contribution in [1.82, 2.24) is 4.90 Å². The lowest BCUT2D eigenvalue weighted by Gasteiger charge is -2.30. The van der Waals surface area contributed by atoms with E-state index in [2.05, 4.69) is 23.3 Å². The molecule has 2 aliphatic rings. The van der Waals surface area contributed by atoms with Crippen molar-refractivity contribution in [1.29, 1.82) is 0 Å². The lowest BCUT2D eigenvalue weighted by molar-refractivity contribution is -0.0326. The van der Waals surface area contributed by atoms with Crippen LogP contribution in [0.25, 0.3) is 0 Å². The van der Waals surface area contributed by atoms with Crippen molar-refractivity contribution in [3.05, 3.63) is 21.9 Å². The quantitative estimate of drug-likeness (QED) is 0.839. The zero-order valence-corrected chi connectivity index (χ0v) is 11.9. The Balaban J connectivity index is 1.76. The molecule has 2 fully saturated rings. The molecule has 4 heteroatoms. The lowest BCUT2D eigenvalue weighted by Crippen LogP contribution is -2.42. The Hall–Kier alpha value is -0.420. The Morgan fingerprint density at radius 2 is 2.39 bits per heavy atom. The van der Waals surface area contributed by atoms with Crippen LogP contribution in [0.3, 0.4) is 0 Å². The van der Waals surface area contributed by atoms with E-state index in [0.29, 0.717) is 12.1 Å². The molecule has 2 bridgehead atoms. The lowest BCUT2D eigenvalue weighted by atomic mass is 10.1.